The molecular formula is C22H25BrN4O3. The number of methoxy groups -OCH3 is 1. The number of rotatable bonds is 5. The van der Waals surface area contributed by atoms with E-state index in [1.807, 2.05) is 44.3 Å². The molecule has 8 heteroatoms. The molecule has 0 radical (unpaired) electrons. The Balaban J connectivity index is 1.78. The van der Waals surface area contributed by atoms with Gasteiger partial charge in [0.1, 0.15) is 6.04 Å². The lowest BCUT2D eigenvalue weighted by Gasteiger charge is -2.30. The Bertz CT molecular complexity index is 917. The van der Waals surface area contributed by atoms with E-state index >= 15 is 0 Å². The van der Waals surface area contributed by atoms with Crippen molar-refractivity contribution in [3.8, 4) is 0 Å². The molecule has 0 saturated carbocycles. The van der Waals surface area contributed by atoms with Crippen LogP contribution in [0, 0.1) is 12.5 Å². The number of amides is 2. The second kappa shape index (κ2) is 9.43. The van der Waals surface area contributed by atoms with E-state index in [1.165, 1.54) is 7.11 Å². The molecule has 158 valence electrons. The first kappa shape index (κ1) is 22.0. The number of carbonyl (C=O) groups is 2. The summed E-state index contributed by atoms with van der Waals surface area (Å²) in [5.41, 5.74) is 3.05. The van der Waals surface area contributed by atoms with Gasteiger partial charge < -0.3 is 19.8 Å². The molecule has 3 rings (SSSR count). The Labute approximate surface area is 185 Å². The smallest absolute Gasteiger partial charge is 0.407 e. The molecule has 0 aliphatic carbocycles. The largest absolute Gasteiger partial charge is 0.453 e. The molecule has 0 aromatic heterocycles. The van der Waals surface area contributed by atoms with Gasteiger partial charge in [-0.2, -0.15) is 0 Å². The molecule has 0 spiro atoms. The summed E-state index contributed by atoms with van der Waals surface area (Å²) in [6, 6.07) is 6.79. The molecule has 1 aromatic rings. The minimum absolute atomic E-state index is 0.119. The Kier molecular flexibility index (Phi) is 6.93. The number of hydrogen-bond acceptors (Lipinski definition) is 4. The standard InChI is InChI=1S/C22H25BrN4O3/c1-13(2)20(26-22(29)30-4)21(28)27-12-17(24-3)10-19(27)18-9-15(11-25-18)14-5-7-16(23)8-6-14/h5-8,11,13,17,19-20H,9-10,12H2,1-2,4H3,(H,26,29)/t17-,19+,20+/m1/s1. The van der Waals surface area contributed by atoms with E-state index in [0.717, 1.165) is 21.3 Å². The number of benzene rings is 1. The van der Waals surface area contributed by atoms with Crippen molar-refractivity contribution < 1.29 is 14.3 Å². The predicted molar refractivity (Wildman–Crippen MR) is 119 cm³/mol. The SMILES string of the molecule is [C-]#[N+][C@@H]1C[C@@H](C2=NC=C(c3ccc(Br)cc3)C2)N(C(=O)[C@@H](NC(=O)OC)C(C)C)C1. The number of nitrogens with one attached hydrogen (secondary N) is 1. The molecule has 7 nitrogen and oxygen atoms in total. The van der Waals surface area contributed by atoms with Crippen LogP contribution >= 0.6 is 15.9 Å². The lowest BCUT2D eigenvalue weighted by atomic mass is 9.97. The highest BCUT2D eigenvalue weighted by Gasteiger charge is 2.44. The molecule has 0 unspecified atom stereocenters. The average Bonchev–Trinajstić information content (AvgIpc) is 3.38. The summed E-state index contributed by atoms with van der Waals surface area (Å²) in [7, 11) is 1.27. The van der Waals surface area contributed by atoms with Crippen LogP contribution in [0.3, 0.4) is 0 Å². The Hall–Kier alpha value is -2.66. The number of carbonyl (C=O) groups excluding carboxylic acids is 2. The minimum Gasteiger partial charge on any atom is -0.453 e. The van der Waals surface area contributed by atoms with Crippen molar-refractivity contribution in [3.63, 3.8) is 0 Å². The van der Waals surface area contributed by atoms with Crippen molar-refractivity contribution in [1.82, 2.24) is 10.2 Å². The van der Waals surface area contributed by atoms with Gasteiger partial charge in [0.15, 0.2) is 0 Å². The third-order valence-electron chi connectivity index (χ3n) is 5.49. The van der Waals surface area contributed by atoms with Gasteiger partial charge in [-0.05, 0) is 29.2 Å². The molecule has 1 saturated heterocycles. The normalized spacial score (nSPS) is 21.7. The van der Waals surface area contributed by atoms with Gasteiger partial charge in [-0.3, -0.25) is 9.79 Å². The van der Waals surface area contributed by atoms with Gasteiger partial charge in [-0.1, -0.05) is 41.9 Å². The third kappa shape index (κ3) is 4.73. The van der Waals surface area contributed by atoms with E-state index in [4.69, 9.17) is 6.57 Å². The van der Waals surface area contributed by atoms with E-state index < -0.39 is 12.1 Å². The van der Waals surface area contributed by atoms with Crippen molar-refractivity contribution >= 4 is 39.2 Å². The number of likely N-dealkylation sites (tertiary alicyclic amines) is 1. The maximum atomic E-state index is 13.3. The summed E-state index contributed by atoms with van der Waals surface area (Å²) < 4.78 is 5.69. The van der Waals surface area contributed by atoms with Gasteiger partial charge in [-0.15, -0.1) is 0 Å². The average molecular weight is 473 g/mol. The van der Waals surface area contributed by atoms with Gasteiger partial charge in [0.25, 0.3) is 0 Å². The van der Waals surface area contributed by atoms with Crippen LogP contribution in [0.25, 0.3) is 10.4 Å². The molecule has 3 atom stereocenters. The van der Waals surface area contributed by atoms with Crippen LogP contribution < -0.4 is 5.32 Å². The van der Waals surface area contributed by atoms with Crippen LogP contribution in [-0.2, 0) is 9.53 Å². The van der Waals surface area contributed by atoms with Gasteiger partial charge in [0.05, 0.1) is 26.1 Å². The second-order valence-corrected chi connectivity index (χ2v) is 8.76. The third-order valence-corrected chi connectivity index (χ3v) is 6.02. The number of allylic oxidation sites excluding steroid dienone is 1. The van der Waals surface area contributed by atoms with E-state index in [1.54, 1.807) is 4.90 Å². The first-order chi connectivity index (χ1) is 14.3. The zero-order valence-electron chi connectivity index (χ0n) is 17.3. The number of aliphatic imine (C=N–C) groups is 1. The van der Waals surface area contributed by atoms with Crippen LogP contribution in [0.1, 0.15) is 32.3 Å². The highest BCUT2D eigenvalue weighted by molar-refractivity contribution is 9.10. The van der Waals surface area contributed by atoms with Crippen molar-refractivity contribution in [3.05, 3.63) is 51.9 Å². The fourth-order valence-electron chi connectivity index (χ4n) is 3.84. The number of ether oxygens (including phenoxy) is 1. The number of nitrogens with zero attached hydrogens (tertiary/aromatic N) is 3. The Morgan fingerprint density at radius 3 is 2.63 bits per heavy atom. The highest BCUT2D eigenvalue weighted by atomic mass is 79.9. The summed E-state index contributed by atoms with van der Waals surface area (Å²) in [4.78, 5) is 35.1. The maximum Gasteiger partial charge on any atom is 0.407 e. The first-order valence-corrected chi connectivity index (χ1v) is 10.7. The predicted octanol–water partition coefficient (Wildman–Crippen LogP) is 3.90. The topological polar surface area (TPSA) is 75.4 Å². The van der Waals surface area contributed by atoms with Crippen LogP contribution in [0.2, 0.25) is 0 Å². The van der Waals surface area contributed by atoms with Gasteiger partial charge in [-0.25, -0.2) is 11.4 Å². The zero-order chi connectivity index (χ0) is 21.8. The van der Waals surface area contributed by atoms with E-state index in [2.05, 4.69) is 35.8 Å². The van der Waals surface area contributed by atoms with Crippen LogP contribution in [0.4, 0.5) is 4.79 Å². The second-order valence-electron chi connectivity index (χ2n) is 7.84. The summed E-state index contributed by atoms with van der Waals surface area (Å²) in [5, 5.41) is 2.64. The zero-order valence-corrected chi connectivity index (χ0v) is 18.8. The van der Waals surface area contributed by atoms with Crippen molar-refractivity contribution in [2.45, 2.75) is 44.8 Å². The first-order valence-electron chi connectivity index (χ1n) is 9.87. The lowest BCUT2D eigenvalue weighted by molar-refractivity contribution is -0.134. The molecule has 30 heavy (non-hydrogen) atoms. The monoisotopic (exact) mass is 472 g/mol. The van der Waals surface area contributed by atoms with Crippen LogP contribution in [-0.4, -0.2) is 54.4 Å². The van der Waals surface area contributed by atoms with E-state index in [-0.39, 0.29) is 23.9 Å². The van der Waals surface area contributed by atoms with Gasteiger partial charge in [0.2, 0.25) is 11.9 Å². The summed E-state index contributed by atoms with van der Waals surface area (Å²) >= 11 is 3.45. The summed E-state index contributed by atoms with van der Waals surface area (Å²) in [6.45, 7) is 11.5. The fraction of sp³-hybridized carbons (Fsp3) is 0.455. The van der Waals surface area contributed by atoms with Crippen molar-refractivity contribution in [2.75, 3.05) is 13.7 Å². The highest BCUT2D eigenvalue weighted by Crippen LogP contribution is 2.32. The lowest BCUT2D eigenvalue weighted by Crippen LogP contribution is -2.53. The molecule has 1 fully saturated rings. The molecule has 2 heterocycles. The van der Waals surface area contributed by atoms with Crippen LogP contribution in [0.5, 0.6) is 0 Å². The van der Waals surface area contributed by atoms with E-state index in [0.29, 0.717) is 19.4 Å². The molecular weight excluding hydrogens is 448 g/mol. The summed E-state index contributed by atoms with van der Waals surface area (Å²) in [6.07, 6.45) is 2.40. The minimum atomic E-state index is -0.717. The summed E-state index contributed by atoms with van der Waals surface area (Å²) in [5.74, 6) is -0.322. The van der Waals surface area contributed by atoms with Gasteiger partial charge in [0, 0.05) is 22.8 Å². The molecule has 0 bridgehead atoms. The number of hydrogen-bond donors (Lipinski definition) is 1. The maximum absolute atomic E-state index is 13.3. The molecule has 1 N–H and O–H groups in total. The van der Waals surface area contributed by atoms with Crippen molar-refractivity contribution in [1.29, 1.82) is 0 Å². The molecule has 2 amide bonds. The fourth-order valence-corrected chi connectivity index (χ4v) is 4.10. The van der Waals surface area contributed by atoms with E-state index in [9.17, 15) is 9.59 Å². The Morgan fingerprint density at radius 2 is 2.03 bits per heavy atom. The van der Waals surface area contributed by atoms with Gasteiger partial charge >= 0.3 is 6.09 Å². The number of alkyl carbamates (subject to hydrolysis) is 1. The van der Waals surface area contributed by atoms with Crippen LogP contribution in [0.15, 0.2) is 39.9 Å². The number of halogens is 1. The molecule has 2 aliphatic rings. The van der Waals surface area contributed by atoms with Crippen molar-refractivity contribution in [2.24, 2.45) is 10.9 Å². The Morgan fingerprint density at radius 1 is 1.33 bits per heavy atom. The molecule has 2 aliphatic heterocycles. The quantitative estimate of drug-likeness (QED) is 0.660. The molecule has 1 aromatic carbocycles.